The number of benzene rings is 2. The van der Waals surface area contributed by atoms with Crippen molar-refractivity contribution >= 4 is 40.3 Å². The third kappa shape index (κ3) is 4.94. The zero-order valence-electron chi connectivity index (χ0n) is 19.2. The summed E-state index contributed by atoms with van der Waals surface area (Å²) in [5.41, 5.74) is 1.16. The molecule has 9 nitrogen and oxygen atoms in total. The van der Waals surface area contributed by atoms with Crippen LogP contribution in [0.4, 0.5) is 10.1 Å². The molecule has 0 spiro atoms. The van der Waals surface area contributed by atoms with E-state index in [2.05, 4.69) is 10.3 Å². The number of carbonyl (C=O) groups excluding carboxylic acids is 2. The van der Waals surface area contributed by atoms with Gasteiger partial charge in [-0.1, -0.05) is 23.9 Å². The van der Waals surface area contributed by atoms with Gasteiger partial charge in [-0.3, -0.25) is 23.5 Å². The van der Waals surface area contributed by atoms with Gasteiger partial charge in [-0.15, -0.1) is 0 Å². The first-order valence-corrected chi connectivity index (χ1v) is 11.6. The van der Waals surface area contributed by atoms with Gasteiger partial charge in [0.25, 0.3) is 5.56 Å². The van der Waals surface area contributed by atoms with Crippen LogP contribution in [0.3, 0.4) is 0 Å². The van der Waals surface area contributed by atoms with Crippen LogP contribution in [-0.2, 0) is 25.4 Å². The van der Waals surface area contributed by atoms with E-state index in [0.717, 1.165) is 21.9 Å². The Morgan fingerprint density at radius 3 is 2.29 bits per heavy atom. The number of halogens is 1. The number of hydrogen-bond donors (Lipinski definition) is 1. The molecule has 0 radical (unpaired) electrons. The van der Waals surface area contributed by atoms with Crippen molar-refractivity contribution in [3.8, 4) is 0 Å². The predicted octanol–water partition coefficient (Wildman–Crippen LogP) is 2.55. The summed E-state index contributed by atoms with van der Waals surface area (Å²) >= 11 is 1.14. The van der Waals surface area contributed by atoms with Crippen molar-refractivity contribution in [3.63, 3.8) is 0 Å². The largest absolute Gasteiger partial charge is 0.332 e. The molecule has 4 aromatic rings. The number of thioether (sulfide) groups is 1. The minimum atomic E-state index is -0.513. The Hall–Kier alpha value is -3.99. The number of rotatable bonds is 7. The zero-order valence-corrected chi connectivity index (χ0v) is 20.1. The number of nitrogens with zero attached hydrogens (tertiary/aromatic N) is 4. The van der Waals surface area contributed by atoms with E-state index in [0.29, 0.717) is 16.4 Å². The van der Waals surface area contributed by atoms with Crippen molar-refractivity contribution in [1.29, 1.82) is 0 Å². The minimum absolute atomic E-state index is 0.0283. The maximum absolute atomic E-state index is 13.4. The Balaban J connectivity index is 1.68. The molecule has 1 N–H and O–H groups in total. The third-order valence-corrected chi connectivity index (χ3v) is 6.40. The highest BCUT2D eigenvalue weighted by atomic mass is 32.2. The molecule has 0 aliphatic rings. The van der Waals surface area contributed by atoms with Gasteiger partial charge in [-0.25, -0.2) is 14.2 Å². The van der Waals surface area contributed by atoms with Gasteiger partial charge >= 0.3 is 5.69 Å². The first-order chi connectivity index (χ1) is 16.7. The van der Waals surface area contributed by atoms with Gasteiger partial charge in [0.1, 0.15) is 5.82 Å². The highest BCUT2D eigenvalue weighted by Crippen LogP contribution is 2.24. The third-order valence-electron chi connectivity index (χ3n) is 5.43. The lowest BCUT2D eigenvalue weighted by Crippen LogP contribution is -2.37. The van der Waals surface area contributed by atoms with Gasteiger partial charge in [-0.2, -0.15) is 0 Å². The molecule has 0 aliphatic heterocycles. The Morgan fingerprint density at radius 1 is 1.00 bits per heavy atom. The Kier molecular flexibility index (Phi) is 6.70. The van der Waals surface area contributed by atoms with Gasteiger partial charge in [-0.05, 0) is 42.0 Å². The number of imidazole rings is 1. The van der Waals surface area contributed by atoms with E-state index < -0.39 is 11.2 Å². The van der Waals surface area contributed by atoms with Crippen LogP contribution in [0.2, 0.25) is 0 Å². The molecule has 35 heavy (non-hydrogen) atoms. The molecule has 0 saturated carbocycles. The van der Waals surface area contributed by atoms with Crippen LogP contribution in [0.15, 0.2) is 63.3 Å². The van der Waals surface area contributed by atoms with Crippen molar-refractivity contribution < 1.29 is 14.0 Å². The fourth-order valence-corrected chi connectivity index (χ4v) is 4.50. The molecule has 0 saturated heterocycles. The standard InChI is InChI=1S/C24H22FN5O4S/c1-14(31)26-18-10-6-16(7-11-18)19(32)13-35-23-27-21-20(22(33)29(3)24(34)28(21)2)30(23)12-15-4-8-17(25)9-5-15/h4-11H,12-13H2,1-3H3,(H,26,31). The predicted molar refractivity (Wildman–Crippen MR) is 132 cm³/mol. The molecule has 180 valence electrons. The molecule has 11 heteroatoms. The van der Waals surface area contributed by atoms with Gasteiger partial charge in [0.15, 0.2) is 22.1 Å². The van der Waals surface area contributed by atoms with Crippen LogP contribution in [0, 0.1) is 5.82 Å². The number of carbonyl (C=O) groups is 2. The second kappa shape index (κ2) is 9.71. The number of fused-ring (bicyclic) bond motifs is 1. The first-order valence-electron chi connectivity index (χ1n) is 10.6. The van der Waals surface area contributed by atoms with Gasteiger partial charge in [0.2, 0.25) is 5.91 Å². The lowest BCUT2D eigenvalue weighted by molar-refractivity contribution is -0.114. The molecule has 2 aromatic heterocycles. The van der Waals surface area contributed by atoms with Crippen LogP contribution in [0.5, 0.6) is 0 Å². The average Bonchev–Trinajstić information content (AvgIpc) is 3.19. The summed E-state index contributed by atoms with van der Waals surface area (Å²) in [7, 11) is 2.91. The molecular weight excluding hydrogens is 473 g/mol. The van der Waals surface area contributed by atoms with Crippen LogP contribution in [0.1, 0.15) is 22.8 Å². The minimum Gasteiger partial charge on any atom is -0.326 e. The number of nitrogens with one attached hydrogen (secondary N) is 1. The topological polar surface area (TPSA) is 108 Å². The van der Waals surface area contributed by atoms with Crippen LogP contribution in [-0.4, -0.2) is 36.1 Å². The summed E-state index contributed by atoms with van der Waals surface area (Å²) in [5.74, 6) is -0.737. The number of anilines is 1. The zero-order chi connectivity index (χ0) is 25.3. The van der Waals surface area contributed by atoms with E-state index in [1.165, 1.54) is 37.7 Å². The summed E-state index contributed by atoms with van der Waals surface area (Å²) in [6.07, 6.45) is 0. The molecule has 4 rings (SSSR count). The van der Waals surface area contributed by atoms with E-state index in [-0.39, 0.29) is 41.0 Å². The molecular formula is C24H22FN5O4S. The van der Waals surface area contributed by atoms with Crippen molar-refractivity contribution in [2.24, 2.45) is 14.1 Å². The Bertz CT molecular complexity index is 1550. The molecule has 1 amide bonds. The summed E-state index contributed by atoms with van der Waals surface area (Å²) in [6.45, 7) is 1.60. The van der Waals surface area contributed by atoms with E-state index in [9.17, 15) is 23.6 Å². The SMILES string of the molecule is CC(=O)Nc1ccc(C(=O)CSc2nc3c(c(=O)n(C)c(=O)n3C)n2Cc2ccc(F)cc2)cc1. The lowest BCUT2D eigenvalue weighted by atomic mass is 10.1. The van der Waals surface area contributed by atoms with Crippen LogP contribution in [0.25, 0.3) is 11.2 Å². The first kappa shape index (κ1) is 24.1. The number of ketones is 1. The van der Waals surface area contributed by atoms with Crippen molar-refractivity contribution in [1.82, 2.24) is 18.7 Å². The summed E-state index contributed by atoms with van der Waals surface area (Å²) in [5, 5.41) is 3.03. The van der Waals surface area contributed by atoms with Crippen molar-refractivity contribution in [2.75, 3.05) is 11.1 Å². The summed E-state index contributed by atoms with van der Waals surface area (Å²) in [6, 6.07) is 12.4. The second-order valence-corrected chi connectivity index (χ2v) is 8.90. The van der Waals surface area contributed by atoms with Crippen molar-refractivity contribution in [2.45, 2.75) is 18.6 Å². The summed E-state index contributed by atoms with van der Waals surface area (Å²) in [4.78, 5) is 53.9. The van der Waals surface area contributed by atoms with E-state index in [1.807, 2.05) is 0 Å². The fourth-order valence-electron chi connectivity index (χ4n) is 3.61. The van der Waals surface area contributed by atoms with Gasteiger partial charge in [0.05, 0.1) is 12.3 Å². The van der Waals surface area contributed by atoms with Crippen LogP contribution >= 0.6 is 11.8 Å². The molecule has 0 bridgehead atoms. The van der Waals surface area contributed by atoms with Crippen LogP contribution < -0.4 is 16.6 Å². The monoisotopic (exact) mass is 495 g/mol. The number of aromatic nitrogens is 4. The number of amides is 1. The molecule has 0 aliphatic carbocycles. The maximum Gasteiger partial charge on any atom is 0.332 e. The van der Waals surface area contributed by atoms with E-state index >= 15 is 0 Å². The second-order valence-electron chi connectivity index (χ2n) is 7.96. The highest BCUT2D eigenvalue weighted by Gasteiger charge is 2.20. The highest BCUT2D eigenvalue weighted by molar-refractivity contribution is 7.99. The molecule has 0 fully saturated rings. The Labute approximate surface area is 203 Å². The molecule has 2 aromatic carbocycles. The molecule has 0 unspecified atom stereocenters. The van der Waals surface area contributed by atoms with Crippen molar-refractivity contribution in [3.05, 3.63) is 86.3 Å². The molecule has 2 heterocycles. The quantitative estimate of drug-likeness (QED) is 0.312. The normalized spacial score (nSPS) is 11.1. The Morgan fingerprint density at radius 2 is 1.66 bits per heavy atom. The van der Waals surface area contributed by atoms with E-state index in [4.69, 9.17) is 0 Å². The number of aryl methyl sites for hydroxylation is 1. The van der Waals surface area contributed by atoms with Gasteiger partial charge in [0, 0.05) is 32.3 Å². The summed E-state index contributed by atoms with van der Waals surface area (Å²) < 4.78 is 17.3. The number of hydrogen-bond acceptors (Lipinski definition) is 6. The smallest absolute Gasteiger partial charge is 0.326 e. The van der Waals surface area contributed by atoms with Gasteiger partial charge < -0.3 is 9.88 Å². The average molecular weight is 496 g/mol. The number of Topliss-reactive ketones (excluding diaryl/α,β-unsaturated/α-hetero) is 1. The maximum atomic E-state index is 13.4. The fraction of sp³-hybridized carbons (Fsp3) is 0.208. The van der Waals surface area contributed by atoms with E-state index in [1.54, 1.807) is 41.0 Å². The molecule has 0 atom stereocenters. The lowest BCUT2D eigenvalue weighted by Gasteiger charge is -2.10.